The lowest BCUT2D eigenvalue weighted by molar-refractivity contribution is -0.386. The van der Waals surface area contributed by atoms with Crippen molar-refractivity contribution in [3.63, 3.8) is 0 Å². The average molecular weight is 1050 g/mol. The van der Waals surface area contributed by atoms with Crippen molar-refractivity contribution in [1.29, 1.82) is 0 Å². The number of carboxylic acids is 1. The van der Waals surface area contributed by atoms with Gasteiger partial charge in [-0.25, -0.2) is 4.79 Å². The van der Waals surface area contributed by atoms with Crippen LogP contribution in [-0.2, 0) is 38.0 Å². The highest BCUT2D eigenvalue weighted by Crippen LogP contribution is 2.38. The Bertz CT molecular complexity index is 1420. The first kappa shape index (κ1) is 65.6. The third-order valence-corrected chi connectivity index (χ3v) is 14.9. The second kappa shape index (κ2) is 36.4. The zero-order chi connectivity index (χ0) is 53.8. The van der Waals surface area contributed by atoms with Crippen LogP contribution in [0.2, 0.25) is 0 Å². The molecule has 0 radical (unpaired) electrons. The zero-order valence-corrected chi connectivity index (χ0v) is 44.3. The van der Waals surface area contributed by atoms with Gasteiger partial charge in [0, 0.05) is 13.3 Å². The van der Waals surface area contributed by atoms with Gasteiger partial charge in [0.25, 0.3) is 5.79 Å². The van der Waals surface area contributed by atoms with Crippen molar-refractivity contribution in [1.82, 2.24) is 5.32 Å². The van der Waals surface area contributed by atoms with Crippen LogP contribution in [0.3, 0.4) is 0 Å². The SMILES string of the molecule is CCCCCCCCCCCCCCC(CCCCCCCCCCCCCC)CO[C@@H]1O[C@H](CO)[C@@H](O[C@@H]2O[C@H](CO)[C@H](O)[C@H](O[C@]3(C(=O)O)C[C@H](O)[C@@H](NC(C)=O)[C@H]([C@H](O)[C@H](O)CO)O3)[C@H]2O)[C@H](O)[C@H]1O. The van der Waals surface area contributed by atoms with E-state index >= 15 is 0 Å². The third kappa shape index (κ3) is 21.9. The zero-order valence-electron chi connectivity index (χ0n) is 44.3. The molecule has 0 aliphatic carbocycles. The molecule has 16 atom stereocenters. The van der Waals surface area contributed by atoms with E-state index in [0.29, 0.717) is 0 Å². The predicted octanol–water partition coefficient (Wildman–Crippen LogP) is 3.60. The quantitative estimate of drug-likeness (QED) is 0.0390. The summed E-state index contributed by atoms with van der Waals surface area (Å²) in [7, 11) is 0. The van der Waals surface area contributed by atoms with Crippen molar-refractivity contribution >= 4 is 11.9 Å². The van der Waals surface area contributed by atoms with Crippen molar-refractivity contribution < 1.29 is 94.2 Å². The minimum atomic E-state index is -3.02. The highest BCUT2D eigenvalue weighted by atomic mass is 16.8. The predicted molar refractivity (Wildman–Crippen MR) is 269 cm³/mol. The molecule has 3 saturated heterocycles. The maximum absolute atomic E-state index is 12.9. The van der Waals surface area contributed by atoms with Gasteiger partial charge in [0.15, 0.2) is 12.6 Å². The number of carboxylic acid groups (broad SMARTS) is 1. The fourth-order valence-electron chi connectivity index (χ4n) is 10.4. The number of hydrogen-bond donors (Lipinski definition) is 12. The van der Waals surface area contributed by atoms with Crippen molar-refractivity contribution in [2.45, 2.75) is 292 Å². The lowest BCUT2D eigenvalue weighted by Crippen LogP contribution is -2.70. The van der Waals surface area contributed by atoms with Gasteiger partial charge >= 0.3 is 5.97 Å². The Balaban J connectivity index is 1.66. The maximum Gasteiger partial charge on any atom is 0.364 e. The highest BCUT2D eigenvalue weighted by Gasteiger charge is 2.60. The molecule has 0 aromatic carbocycles. The summed E-state index contributed by atoms with van der Waals surface area (Å²) in [5.41, 5.74) is 0. The molecular formula is C53H99NO19. The van der Waals surface area contributed by atoms with Crippen LogP contribution in [0.15, 0.2) is 0 Å². The van der Waals surface area contributed by atoms with Gasteiger partial charge in [-0.1, -0.05) is 168 Å². The molecule has 0 bridgehead atoms. The van der Waals surface area contributed by atoms with Gasteiger partial charge in [0.1, 0.15) is 67.1 Å². The van der Waals surface area contributed by atoms with E-state index in [1.807, 2.05) is 0 Å². The molecule has 20 heteroatoms. The molecule has 0 spiro atoms. The average Bonchev–Trinajstić information content (AvgIpc) is 3.37. The Morgan fingerprint density at radius 1 is 0.616 bits per heavy atom. The Hall–Kier alpha value is -1.70. The summed E-state index contributed by atoms with van der Waals surface area (Å²) >= 11 is 0. The number of hydrogen-bond acceptors (Lipinski definition) is 18. The van der Waals surface area contributed by atoms with Crippen molar-refractivity contribution in [2.24, 2.45) is 5.92 Å². The minimum Gasteiger partial charge on any atom is -0.477 e. The van der Waals surface area contributed by atoms with E-state index in [1.165, 1.54) is 128 Å². The Morgan fingerprint density at radius 3 is 1.52 bits per heavy atom. The fraction of sp³-hybridized carbons (Fsp3) is 0.962. The van der Waals surface area contributed by atoms with E-state index in [1.54, 1.807) is 0 Å². The van der Waals surface area contributed by atoms with Crippen LogP contribution in [0.1, 0.15) is 194 Å². The monoisotopic (exact) mass is 1050 g/mol. The topological polar surface area (TPSA) is 324 Å². The largest absolute Gasteiger partial charge is 0.477 e. The summed E-state index contributed by atoms with van der Waals surface area (Å²) in [4.78, 5) is 24.9. The first-order valence-electron chi connectivity index (χ1n) is 28.1. The Kier molecular flexibility index (Phi) is 32.7. The summed E-state index contributed by atoms with van der Waals surface area (Å²) in [5, 5.41) is 121. The summed E-state index contributed by atoms with van der Waals surface area (Å²) in [5.74, 6) is -5.54. The van der Waals surface area contributed by atoms with E-state index in [-0.39, 0.29) is 12.5 Å². The van der Waals surface area contributed by atoms with Gasteiger partial charge in [0.2, 0.25) is 5.91 Å². The molecule has 0 aromatic heterocycles. The maximum atomic E-state index is 12.9. The molecule has 3 aliphatic heterocycles. The van der Waals surface area contributed by atoms with Crippen LogP contribution < -0.4 is 5.32 Å². The van der Waals surface area contributed by atoms with Gasteiger partial charge in [-0.3, -0.25) is 4.79 Å². The van der Waals surface area contributed by atoms with Crippen molar-refractivity contribution in [2.75, 3.05) is 26.4 Å². The number of ether oxygens (including phenoxy) is 6. The molecule has 3 heterocycles. The van der Waals surface area contributed by atoms with Gasteiger partial charge in [0.05, 0.1) is 38.6 Å². The van der Waals surface area contributed by atoms with Crippen molar-refractivity contribution in [3.05, 3.63) is 0 Å². The van der Waals surface area contributed by atoms with Crippen molar-refractivity contribution in [3.8, 4) is 0 Å². The molecule has 20 nitrogen and oxygen atoms in total. The Morgan fingerprint density at radius 2 is 1.08 bits per heavy atom. The van der Waals surface area contributed by atoms with Gasteiger partial charge in [-0.2, -0.15) is 0 Å². The summed E-state index contributed by atoms with van der Waals surface area (Å²) in [6, 6.07) is -1.54. The van der Waals surface area contributed by atoms with Crippen LogP contribution in [0, 0.1) is 5.92 Å². The number of aliphatic hydroxyl groups is 10. The summed E-state index contributed by atoms with van der Waals surface area (Å²) in [6.45, 7) is 3.02. The van der Waals surface area contributed by atoms with E-state index in [9.17, 15) is 65.8 Å². The lowest BCUT2D eigenvalue weighted by atomic mass is 9.88. The van der Waals surface area contributed by atoms with Crippen LogP contribution in [0.25, 0.3) is 0 Å². The number of aliphatic carboxylic acids is 1. The minimum absolute atomic E-state index is 0.156. The van der Waals surface area contributed by atoms with E-state index in [0.717, 1.165) is 45.4 Å². The normalized spacial score (nSPS) is 31.7. The molecule has 3 rings (SSSR count). The van der Waals surface area contributed by atoms with E-state index < -0.39 is 136 Å². The van der Waals surface area contributed by atoms with E-state index in [2.05, 4.69) is 19.2 Å². The van der Waals surface area contributed by atoms with Crippen LogP contribution in [0.5, 0.6) is 0 Å². The molecule has 73 heavy (non-hydrogen) atoms. The molecule has 3 aliphatic rings. The van der Waals surface area contributed by atoms with Crippen LogP contribution >= 0.6 is 0 Å². The summed E-state index contributed by atoms with van der Waals surface area (Å²) < 4.78 is 35.2. The first-order valence-corrected chi connectivity index (χ1v) is 28.1. The molecule has 0 aromatic rings. The van der Waals surface area contributed by atoms with E-state index in [4.69, 9.17) is 28.4 Å². The second-order valence-corrected chi connectivity index (χ2v) is 21.0. The molecule has 3 fully saturated rings. The molecule has 0 saturated carbocycles. The number of rotatable bonds is 40. The number of unbranched alkanes of at least 4 members (excludes halogenated alkanes) is 22. The standard InChI is InChI=1S/C53H99NO19/c1-4-6-8-10-12-14-16-18-20-22-24-26-28-36(29-27-25-23-21-19-17-15-13-11-9-7-5-2)34-68-50-45(64)44(63)47(40(33-57)70-50)71-51-46(65)49(43(62)39(32-56)69-51)73-53(52(66)67)30-37(59)41(54-35(3)58)48(72-53)42(61)38(60)31-55/h36-51,55-57,59-65H,4-34H2,1-3H3,(H,54,58)(H,66,67)/t37-,38+,39+,40+,41+,42+,43-,44+,45+,46+,47+,48+,49-,50+,51-,53-/m0/s1. The molecule has 1 amide bonds. The lowest BCUT2D eigenvalue weighted by Gasteiger charge is -2.50. The number of aliphatic hydroxyl groups excluding tert-OH is 10. The number of amides is 1. The number of carbonyl (C=O) groups excluding carboxylic acids is 1. The van der Waals surface area contributed by atoms with Gasteiger partial charge in [-0.15, -0.1) is 0 Å². The van der Waals surface area contributed by atoms with Crippen LogP contribution in [-0.4, -0.2) is 192 Å². The number of carbonyl (C=O) groups is 2. The number of nitrogens with one attached hydrogen (secondary N) is 1. The molecule has 0 unspecified atom stereocenters. The van der Waals surface area contributed by atoms with Gasteiger partial charge in [-0.05, 0) is 18.8 Å². The second-order valence-electron chi connectivity index (χ2n) is 21.0. The molecule has 430 valence electrons. The third-order valence-electron chi connectivity index (χ3n) is 14.9. The summed E-state index contributed by atoms with van der Waals surface area (Å²) in [6.07, 6.45) is 4.94. The first-order chi connectivity index (χ1) is 35.1. The molecule has 12 N–H and O–H groups in total. The van der Waals surface area contributed by atoms with Crippen LogP contribution in [0.4, 0.5) is 0 Å². The molecular weight excluding hydrogens is 955 g/mol. The smallest absolute Gasteiger partial charge is 0.364 e. The van der Waals surface area contributed by atoms with Gasteiger partial charge < -0.3 is 89.9 Å². The fourth-order valence-corrected chi connectivity index (χ4v) is 10.4. The Labute approximate surface area is 434 Å². The highest BCUT2D eigenvalue weighted by molar-refractivity contribution is 5.76.